The Bertz CT molecular complexity index is 911. The van der Waals surface area contributed by atoms with E-state index in [0.717, 1.165) is 28.8 Å². The first-order valence-electron chi connectivity index (χ1n) is 8.13. The number of nitro groups is 1. The van der Waals surface area contributed by atoms with Crippen LogP contribution in [0.25, 0.3) is 0 Å². The number of nitrogens with zero attached hydrogens (tertiary/aromatic N) is 1. The van der Waals surface area contributed by atoms with Crippen molar-refractivity contribution < 1.29 is 4.92 Å². The Morgan fingerprint density at radius 3 is 2.80 bits per heavy atom. The van der Waals surface area contributed by atoms with Crippen molar-refractivity contribution in [3.63, 3.8) is 0 Å². The molecule has 128 valence electrons. The minimum Gasteiger partial charge on any atom is -0.377 e. The molecule has 1 N–H and O–H groups in total. The lowest BCUT2D eigenvalue weighted by Gasteiger charge is -2.38. The van der Waals surface area contributed by atoms with Crippen LogP contribution in [0.4, 0.5) is 11.4 Å². The summed E-state index contributed by atoms with van der Waals surface area (Å²) in [5.74, 6) is 0.389. The number of rotatable bonds is 2. The summed E-state index contributed by atoms with van der Waals surface area (Å²) in [6.45, 7) is 1.90. The molecule has 0 spiro atoms. The van der Waals surface area contributed by atoms with Gasteiger partial charge in [-0.3, -0.25) is 10.1 Å². The molecule has 2 aliphatic rings. The van der Waals surface area contributed by atoms with E-state index in [0.29, 0.717) is 10.0 Å². The van der Waals surface area contributed by atoms with Gasteiger partial charge >= 0.3 is 0 Å². The summed E-state index contributed by atoms with van der Waals surface area (Å²) in [5, 5.41) is 15.9. The number of non-ortho nitro benzene ring substituents is 1. The van der Waals surface area contributed by atoms with Crippen LogP contribution in [0, 0.1) is 23.0 Å². The maximum Gasteiger partial charge on any atom is 0.270 e. The van der Waals surface area contributed by atoms with E-state index in [1.165, 1.54) is 0 Å². The molecule has 0 aromatic heterocycles. The van der Waals surface area contributed by atoms with Crippen LogP contribution in [-0.2, 0) is 0 Å². The van der Waals surface area contributed by atoms with Gasteiger partial charge in [0, 0.05) is 23.7 Å². The highest BCUT2D eigenvalue weighted by Gasteiger charge is 2.40. The van der Waals surface area contributed by atoms with E-state index in [9.17, 15) is 10.1 Å². The van der Waals surface area contributed by atoms with Gasteiger partial charge in [0.2, 0.25) is 0 Å². The number of halogens is 2. The molecular weight excluding hydrogens is 359 g/mol. The largest absolute Gasteiger partial charge is 0.377 e. The van der Waals surface area contributed by atoms with Gasteiger partial charge in [-0.05, 0) is 42.0 Å². The minimum atomic E-state index is -0.332. The van der Waals surface area contributed by atoms with Gasteiger partial charge in [-0.25, -0.2) is 0 Å². The van der Waals surface area contributed by atoms with Crippen molar-refractivity contribution in [1.29, 1.82) is 0 Å². The van der Waals surface area contributed by atoms with Crippen LogP contribution in [0.5, 0.6) is 0 Å². The second-order valence-electron chi connectivity index (χ2n) is 6.60. The molecule has 0 saturated heterocycles. The fourth-order valence-electron chi connectivity index (χ4n) is 4.04. The second kappa shape index (κ2) is 6.04. The number of hydrogen-bond acceptors (Lipinski definition) is 3. The van der Waals surface area contributed by atoms with Crippen LogP contribution in [0.2, 0.25) is 10.0 Å². The molecule has 1 aliphatic heterocycles. The molecule has 1 aliphatic carbocycles. The van der Waals surface area contributed by atoms with Gasteiger partial charge in [0.05, 0.1) is 21.0 Å². The first-order chi connectivity index (χ1) is 12.0. The van der Waals surface area contributed by atoms with Crippen LogP contribution in [-0.4, -0.2) is 4.92 Å². The Morgan fingerprint density at radius 1 is 1.24 bits per heavy atom. The zero-order chi connectivity index (χ0) is 17.7. The SMILES string of the molecule is Cc1cc([N+](=O)[O-])cc2c1N[C@H](c1cccc(Cl)c1Cl)[C@@H]1CC=C[C@@H]21. The predicted molar refractivity (Wildman–Crippen MR) is 101 cm³/mol. The number of fused-ring (bicyclic) bond motifs is 3. The van der Waals surface area contributed by atoms with E-state index in [2.05, 4.69) is 17.5 Å². The molecular formula is C19H16Cl2N2O2. The van der Waals surface area contributed by atoms with Gasteiger partial charge in [0.25, 0.3) is 5.69 Å². The lowest BCUT2D eigenvalue weighted by atomic mass is 9.76. The second-order valence-corrected chi connectivity index (χ2v) is 7.39. The van der Waals surface area contributed by atoms with Crippen LogP contribution in [0.1, 0.15) is 35.1 Å². The quantitative estimate of drug-likeness (QED) is 0.396. The fraction of sp³-hybridized carbons (Fsp3) is 0.263. The van der Waals surface area contributed by atoms with Gasteiger partial charge in [0.15, 0.2) is 0 Å². The van der Waals surface area contributed by atoms with Crippen molar-refractivity contribution >= 4 is 34.6 Å². The zero-order valence-corrected chi connectivity index (χ0v) is 15.0. The summed E-state index contributed by atoms with van der Waals surface area (Å²) in [5.41, 5.74) is 3.91. The number of anilines is 1. The summed E-state index contributed by atoms with van der Waals surface area (Å²) in [6, 6.07) is 9.00. The van der Waals surface area contributed by atoms with Gasteiger partial charge in [-0.2, -0.15) is 0 Å². The molecule has 0 radical (unpaired) electrons. The van der Waals surface area contributed by atoms with Crippen molar-refractivity contribution in [3.05, 3.63) is 79.3 Å². The molecule has 0 bridgehead atoms. The predicted octanol–water partition coefficient (Wildman–Crippen LogP) is 6.04. The standard InChI is InChI=1S/C19H16Cl2N2O2/c1-10-8-11(23(24)25)9-15-12-4-2-5-13(12)19(22-18(10)15)14-6-3-7-16(20)17(14)21/h2-4,6-9,12-13,19,22H,5H2,1H3/t12-,13-,19+/m1/s1. The van der Waals surface area contributed by atoms with Crippen molar-refractivity contribution in [3.8, 4) is 0 Å². The van der Waals surface area contributed by atoms with E-state index < -0.39 is 0 Å². The summed E-state index contributed by atoms with van der Waals surface area (Å²) in [4.78, 5) is 10.9. The first-order valence-corrected chi connectivity index (χ1v) is 8.89. The third-order valence-corrected chi connectivity index (χ3v) is 6.01. The number of hydrogen-bond donors (Lipinski definition) is 1. The highest BCUT2D eigenvalue weighted by molar-refractivity contribution is 6.42. The van der Waals surface area contributed by atoms with E-state index in [1.54, 1.807) is 18.2 Å². The van der Waals surface area contributed by atoms with Crippen LogP contribution >= 0.6 is 23.2 Å². The fourth-order valence-corrected chi connectivity index (χ4v) is 4.47. The van der Waals surface area contributed by atoms with E-state index in [4.69, 9.17) is 23.2 Å². The average molecular weight is 375 g/mol. The highest BCUT2D eigenvalue weighted by atomic mass is 35.5. The first kappa shape index (κ1) is 16.4. The Balaban J connectivity index is 1.86. The highest BCUT2D eigenvalue weighted by Crippen LogP contribution is 2.52. The van der Waals surface area contributed by atoms with Gasteiger partial charge in [-0.15, -0.1) is 0 Å². The summed E-state index contributed by atoms with van der Waals surface area (Å²) < 4.78 is 0. The topological polar surface area (TPSA) is 55.2 Å². The van der Waals surface area contributed by atoms with Gasteiger partial charge in [-0.1, -0.05) is 47.5 Å². The molecule has 6 heteroatoms. The van der Waals surface area contributed by atoms with Crippen LogP contribution in [0.15, 0.2) is 42.5 Å². The number of nitrogens with one attached hydrogen (secondary N) is 1. The maximum atomic E-state index is 11.2. The Morgan fingerprint density at radius 2 is 2.04 bits per heavy atom. The van der Waals surface area contributed by atoms with E-state index in [1.807, 2.05) is 19.1 Å². The van der Waals surface area contributed by atoms with Gasteiger partial charge < -0.3 is 5.32 Å². The van der Waals surface area contributed by atoms with E-state index >= 15 is 0 Å². The third kappa shape index (κ3) is 2.60. The number of benzene rings is 2. The summed E-state index contributed by atoms with van der Waals surface area (Å²) in [7, 11) is 0. The lowest BCUT2D eigenvalue weighted by molar-refractivity contribution is -0.385. The zero-order valence-electron chi connectivity index (χ0n) is 13.5. The maximum absolute atomic E-state index is 11.2. The lowest BCUT2D eigenvalue weighted by Crippen LogP contribution is -2.30. The number of aryl methyl sites for hydroxylation is 1. The van der Waals surface area contributed by atoms with Crippen molar-refractivity contribution in [2.45, 2.75) is 25.3 Å². The molecule has 0 fully saturated rings. The molecule has 1 heterocycles. The minimum absolute atomic E-state index is 0.0128. The Hall–Kier alpha value is -2.04. The normalized spacial score (nSPS) is 23.7. The smallest absolute Gasteiger partial charge is 0.270 e. The van der Waals surface area contributed by atoms with Gasteiger partial charge in [0.1, 0.15) is 0 Å². The molecule has 4 nitrogen and oxygen atoms in total. The molecule has 25 heavy (non-hydrogen) atoms. The molecule has 0 unspecified atom stereocenters. The van der Waals surface area contributed by atoms with Crippen molar-refractivity contribution in [2.24, 2.45) is 5.92 Å². The van der Waals surface area contributed by atoms with Crippen LogP contribution < -0.4 is 5.32 Å². The third-order valence-electron chi connectivity index (χ3n) is 5.18. The number of allylic oxidation sites excluding steroid dienone is 2. The molecule has 3 atom stereocenters. The monoisotopic (exact) mass is 374 g/mol. The van der Waals surface area contributed by atoms with Crippen molar-refractivity contribution in [1.82, 2.24) is 0 Å². The van der Waals surface area contributed by atoms with Crippen LogP contribution in [0.3, 0.4) is 0 Å². The molecule has 4 rings (SSSR count). The Kier molecular flexibility index (Phi) is 3.97. The molecule has 0 amide bonds. The molecule has 2 aromatic rings. The molecule has 2 aromatic carbocycles. The van der Waals surface area contributed by atoms with Crippen molar-refractivity contribution in [2.75, 3.05) is 5.32 Å². The number of nitro benzene ring substituents is 1. The molecule has 0 saturated carbocycles. The average Bonchev–Trinajstić information content (AvgIpc) is 3.07. The van der Waals surface area contributed by atoms with E-state index in [-0.39, 0.29) is 28.5 Å². The summed E-state index contributed by atoms with van der Waals surface area (Å²) >= 11 is 12.7. The summed E-state index contributed by atoms with van der Waals surface area (Å²) in [6.07, 6.45) is 5.19. The Labute approximate surface area is 155 Å².